The van der Waals surface area contributed by atoms with Crippen LogP contribution in [0.1, 0.15) is 67.5 Å². The molecule has 41 heavy (non-hydrogen) atoms. The van der Waals surface area contributed by atoms with Crippen molar-refractivity contribution in [1.82, 2.24) is 20.0 Å². The van der Waals surface area contributed by atoms with Crippen molar-refractivity contribution in [3.05, 3.63) is 107 Å². The van der Waals surface area contributed by atoms with E-state index in [4.69, 9.17) is 0 Å². The summed E-state index contributed by atoms with van der Waals surface area (Å²) < 4.78 is 0. The standard InChI is InChI=1S/C32H28N4O5/c37-27-14-13-26(29(38)33-27)36-31(40)24-12-11-21(15-25(24)32(36)41)30(39)35-18-22-16-23(35)17-34(22)28(19-7-3-1-4-8-19)20-9-5-2-6-10-20/h1-12,15,22-23,26,28H,13-14,16-18H2,(H,33,37,38)/t22-,23-,26?/m1/s1. The largest absolute Gasteiger partial charge is 0.333 e. The summed E-state index contributed by atoms with van der Waals surface area (Å²) in [5, 5.41) is 2.20. The van der Waals surface area contributed by atoms with Gasteiger partial charge in [0.15, 0.2) is 0 Å². The molecule has 1 unspecified atom stereocenters. The SMILES string of the molecule is O=C1CCC(N2C(=O)c3ccc(C(=O)N4C[C@H]5C[C@@H]4CN5C(c4ccccc4)c4ccccc4)cc3C2=O)C(=O)N1. The lowest BCUT2D eigenvalue weighted by Gasteiger charge is -2.39. The number of benzene rings is 3. The molecule has 4 aliphatic rings. The van der Waals surface area contributed by atoms with E-state index in [-0.39, 0.29) is 48.0 Å². The van der Waals surface area contributed by atoms with Gasteiger partial charge in [0, 0.05) is 37.2 Å². The maximum Gasteiger partial charge on any atom is 0.262 e. The van der Waals surface area contributed by atoms with E-state index in [1.54, 1.807) is 6.07 Å². The van der Waals surface area contributed by atoms with Crippen molar-refractivity contribution in [1.29, 1.82) is 0 Å². The molecule has 3 saturated heterocycles. The van der Waals surface area contributed by atoms with Crippen molar-refractivity contribution < 1.29 is 24.0 Å². The van der Waals surface area contributed by atoms with E-state index in [2.05, 4.69) is 58.7 Å². The molecule has 2 bridgehead atoms. The van der Waals surface area contributed by atoms with Gasteiger partial charge in [0.05, 0.1) is 17.2 Å². The summed E-state index contributed by atoms with van der Waals surface area (Å²) in [6.45, 7) is 1.31. The highest BCUT2D eigenvalue weighted by Gasteiger charge is 2.49. The molecule has 0 spiro atoms. The number of nitrogens with one attached hydrogen (secondary N) is 1. The first-order chi connectivity index (χ1) is 19.9. The van der Waals surface area contributed by atoms with Gasteiger partial charge in [-0.25, -0.2) is 0 Å². The molecule has 3 atom stereocenters. The van der Waals surface area contributed by atoms with Crippen LogP contribution in [-0.2, 0) is 9.59 Å². The minimum absolute atomic E-state index is 0.0352. The van der Waals surface area contributed by atoms with Gasteiger partial charge in [0.2, 0.25) is 11.8 Å². The fourth-order valence-corrected chi connectivity index (χ4v) is 6.88. The number of imide groups is 2. The van der Waals surface area contributed by atoms with E-state index in [1.165, 1.54) is 23.3 Å². The summed E-state index contributed by atoms with van der Waals surface area (Å²) in [5.74, 6) is -2.45. The Labute approximate surface area is 236 Å². The molecule has 9 nitrogen and oxygen atoms in total. The minimum atomic E-state index is -1.04. The average molecular weight is 549 g/mol. The van der Waals surface area contributed by atoms with Gasteiger partial charge in [-0.15, -0.1) is 0 Å². The number of rotatable bonds is 5. The number of nitrogens with zero attached hydrogens (tertiary/aromatic N) is 3. The van der Waals surface area contributed by atoms with E-state index in [9.17, 15) is 24.0 Å². The molecule has 4 heterocycles. The topological polar surface area (TPSA) is 107 Å². The Morgan fingerprint density at radius 2 is 1.44 bits per heavy atom. The summed E-state index contributed by atoms with van der Waals surface area (Å²) in [7, 11) is 0. The summed E-state index contributed by atoms with van der Waals surface area (Å²) >= 11 is 0. The van der Waals surface area contributed by atoms with Crippen LogP contribution in [0.3, 0.4) is 0 Å². The molecule has 3 aromatic rings. The number of carbonyl (C=O) groups excluding carboxylic acids is 5. The number of hydrogen-bond acceptors (Lipinski definition) is 6. The third-order valence-corrected chi connectivity index (χ3v) is 8.79. The molecule has 0 saturated carbocycles. The number of piperazine rings is 1. The van der Waals surface area contributed by atoms with Gasteiger partial charge in [-0.3, -0.25) is 39.1 Å². The van der Waals surface area contributed by atoms with Crippen LogP contribution in [0, 0.1) is 0 Å². The third kappa shape index (κ3) is 4.15. The Bertz CT molecular complexity index is 1550. The molecule has 0 aliphatic carbocycles. The molecule has 5 amide bonds. The lowest BCUT2D eigenvalue weighted by molar-refractivity contribution is -0.136. The number of fused-ring (bicyclic) bond motifs is 3. The van der Waals surface area contributed by atoms with Gasteiger partial charge in [0.25, 0.3) is 17.7 Å². The summed E-state index contributed by atoms with van der Waals surface area (Å²) in [6, 6.07) is 24.7. The summed E-state index contributed by atoms with van der Waals surface area (Å²) in [4.78, 5) is 69.2. The first kappa shape index (κ1) is 25.3. The lowest BCUT2D eigenvalue weighted by atomic mass is 9.96. The van der Waals surface area contributed by atoms with Crippen LogP contribution in [0.15, 0.2) is 78.9 Å². The van der Waals surface area contributed by atoms with E-state index in [1.807, 2.05) is 17.0 Å². The molecule has 3 fully saturated rings. The van der Waals surface area contributed by atoms with Crippen LogP contribution < -0.4 is 5.32 Å². The fraction of sp³-hybridized carbons (Fsp3) is 0.281. The monoisotopic (exact) mass is 548 g/mol. The third-order valence-electron chi connectivity index (χ3n) is 8.79. The predicted octanol–water partition coefficient (Wildman–Crippen LogP) is 2.78. The van der Waals surface area contributed by atoms with Crippen LogP contribution in [0.25, 0.3) is 0 Å². The molecular formula is C32H28N4O5. The highest BCUT2D eigenvalue weighted by atomic mass is 16.2. The van der Waals surface area contributed by atoms with Crippen LogP contribution >= 0.6 is 0 Å². The molecule has 7 rings (SSSR count). The molecule has 9 heteroatoms. The average Bonchev–Trinajstić information content (AvgIpc) is 3.66. The van der Waals surface area contributed by atoms with Crippen LogP contribution in [-0.4, -0.2) is 75.5 Å². The van der Waals surface area contributed by atoms with Gasteiger partial charge in [-0.05, 0) is 42.2 Å². The number of piperidine rings is 1. The number of likely N-dealkylation sites (tertiary alicyclic amines) is 2. The van der Waals surface area contributed by atoms with Crippen molar-refractivity contribution in [3.63, 3.8) is 0 Å². The quantitative estimate of drug-likeness (QED) is 0.492. The molecule has 3 aromatic carbocycles. The number of hydrogen-bond donors (Lipinski definition) is 1. The Morgan fingerprint density at radius 1 is 0.780 bits per heavy atom. The van der Waals surface area contributed by atoms with Crippen molar-refractivity contribution in [2.75, 3.05) is 13.1 Å². The Balaban J connectivity index is 1.10. The van der Waals surface area contributed by atoms with Crippen LogP contribution in [0.5, 0.6) is 0 Å². The van der Waals surface area contributed by atoms with Gasteiger partial charge < -0.3 is 4.90 Å². The Hall–Kier alpha value is -4.63. The molecule has 206 valence electrons. The highest BCUT2D eigenvalue weighted by Crippen LogP contribution is 2.40. The predicted molar refractivity (Wildman–Crippen MR) is 148 cm³/mol. The fourth-order valence-electron chi connectivity index (χ4n) is 6.88. The molecule has 0 radical (unpaired) electrons. The molecule has 0 aromatic heterocycles. The number of amides is 5. The van der Waals surface area contributed by atoms with Crippen molar-refractivity contribution in [2.24, 2.45) is 0 Å². The zero-order chi connectivity index (χ0) is 28.2. The Kier molecular flexibility index (Phi) is 6.04. The normalized spacial score (nSPS) is 23.9. The van der Waals surface area contributed by atoms with E-state index in [0.29, 0.717) is 12.1 Å². The van der Waals surface area contributed by atoms with Gasteiger partial charge in [0.1, 0.15) is 6.04 Å². The minimum Gasteiger partial charge on any atom is -0.333 e. The Morgan fingerprint density at radius 3 is 2.05 bits per heavy atom. The maximum atomic E-state index is 13.7. The maximum absolute atomic E-state index is 13.7. The smallest absolute Gasteiger partial charge is 0.262 e. The van der Waals surface area contributed by atoms with Gasteiger partial charge in [-0.2, -0.15) is 0 Å². The number of carbonyl (C=O) groups is 5. The second-order valence-electron chi connectivity index (χ2n) is 11.1. The van der Waals surface area contributed by atoms with Crippen LogP contribution in [0.2, 0.25) is 0 Å². The molecule has 4 aliphatic heterocycles. The highest BCUT2D eigenvalue weighted by molar-refractivity contribution is 6.24. The second-order valence-corrected chi connectivity index (χ2v) is 11.1. The molecule has 1 N–H and O–H groups in total. The second kappa shape index (κ2) is 9.78. The van der Waals surface area contributed by atoms with Crippen molar-refractivity contribution >= 4 is 29.5 Å². The molecular weight excluding hydrogens is 520 g/mol. The van der Waals surface area contributed by atoms with Crippen molar-refractivity contribution in [2.45, 2.75) is 43.4 Å². The van der Waals surface area contributed by atoms with E-state index < -0.39 is 29.7 Å². The van der Waals surface area contributed by atoms with Crippen molar-refractivity contribution in [3.8, 4) is 0 Å². The summed E-state index contributed by atoms with van der Waals surface area (Å²) in [5.41, 5.74) is 3.05. The zero-order valence-electron chi connectivity index (χ0n) is 22.2. The van der Waals surface area contributed by atoms with Gasteiger partial charge in [-0.1, -0.05) is 60.7 Å². The van der Waals surface area contributed by atoms with E-state index in [0.717, 1.165) is 17.9 Å². The van der Waals surface area contributed by atoms with E-state index >= 15 is 0 Å². The summed E-state index contributed by atoms with van der Waals surface area (Å²) in [6.07, 6.45) is 1.01. The van der Waals surface area contributed by atoms with Gasteiger partial charge >= 0.3 is 0 Å². The first-order valence-corrected chi connectivity index (χ1v) is 13.9. The van der Waals surface area contributed by atoms with Crippen LogP contribution in [0.4, 0.5) is 0 Å². The zero-order valence-corrected chi connectivity index (χ0v) is 22.2. The lowest BCUT2D eigenvalue weighted by Crippen LogP contribution is -2.54. The first-order valence-electron chi connectivity index (χ1n) is 13.9.